The number of esters is 1. The van der Waals surface area contributed by atoms with Crippen LogP contribution in [-0.2, 0) is 9.53 Å². The molecule has 3 rings (SSSR count). The fourth-order valence-corrected chi connectivity index (χ4v) is 4.00. The second kappa shape index (κ2) is 8.38. The van der Waals surface area contributed by atoms with Crippen LogP contribution in [0.4, 0.5) is 0 Å². The molecule has 1 fully saturated rings. The fourth-order valence-electron chi connectivity index (χ4n) is 3.16. The summed E-state index contributed by atoms with van der Waals surface area (Å²) in [5.74, 6) is 1.65. The van der Waals surface area contributed by atoms with Crippen LogP contribution in [0.25, 0.3) is 11.4 Å². The molecule has 0 radical (unpaired) electrons. The first-order chi connectivity index (χ1) is 12.2. The zero-order chi connectivity index (χ0) is 17.6. The summed E-state index contributed by atoms with van der Waals surface area (Å²) in [4.78, 5) is 11.5. The van der Waals surface area contributed by atoms with Gasteiger partial charge in [0.15, 0.2) is 11.0 Å². The second-order valence-corrected chi connectivity index (χ2v) is 7.00. The van der Waals surface area contributed by atoms with Crippen LogP contribution in [0.2, 0.25) is 0 Å². The number of hydrogen-bond acceptors (Lipinski definition) is 6. The third kappa shape index (κ3) is 4.15. The third-order valence-corrected chi connectivity index (χ3v) is 5.42. The number of thioether (sulfide) groups is 1. The normalized spacial score (nSPS) is 15.1. The Bertz CT molecular complexity index is 709. The van der Waals surface area contributed by atoms with Gasteiger partial charge in [-0.15, -0.1) is 10.2 Å². The van der Waals surface area contributed by atoms with Crippen LogP contribution >= 0.6 is 11.8 Å². The Morgan fingerprint density at radius 2 is 1.88 bits per heavy atom. The van der Waals surface area contributed by atoms with Crippen molar-refractivity contribution in [3.63, 3.8) is 0 Å². The van der Waals surface area contributed by atoms with Gasteiger partial charge in [0.1, 0.15) is 5.75 Å². The van der Waals surface area contributed by atoms with Crippen LogP contribution in [0, 0.1) is 0 Å². The van der Waals surface area contributed by atoms with Crippen molar-refractivity contribution in [1.82, 2.24) is 14.8 Å². The molecule has 2 aromatic rings. The molecule has 0 spiro atoms. The summed E-state index contributed by atoms with van der Waals surface area (Å²) in [6.45, 7) is 0. The van der Waals surface area contributed by atoms with Crippen LogP contribution < -0.4 is 4.74 Å². The maximum atomic E-state index is 11.5. The van der Waals surface area contributed by atoms with Crippen molar-refractivity contribution >= 4 is 17.7 Å². The van der Waals surface area contributed by atoms with Crippen LogP contribution in [0.5, 0.6) is 5.75 Å². The van der Waals surface area contributed by atoms with E-state index < -0.39 is 0 Å². The van der Waals surface area contributed by atoms with E-state index in [1.807, 2.05) is 24.3 Å². The zero-order valence-electron chi connectivity index (χ0n) is 14.6. The lowest BCUT2D eigenvalue weighted by atomic mass is 9.95. The van der Waals surface area contributed by atoms with Crippen molar-refractivity contribution < 1.29 is 14.3 Å². The molecule has 1 aromatic carbocycles. The van der Waals surface area contributed by atoms with E-state index >= 15 is 0 Å². The summed E-state index contributed by atoms with van der Waals surface area (Å²) in [5.41, 5.74) is 1.00. The van der Waals surface area contributed by atoms with E-state index in [-0.39, 0.29) is 11.7 Å². The van der Waals surface area contributed by atoms with Gasteiger partial charge < -0.3 is 9.47 Å². The molecule has 0 unspecified atom stereocenters. The molecule has 1 aliphatic rings. The van der Waals surface area contributed by atoms with Crippen LogP contribution in [0.15, 0.2) is 29.4 Å². The van der Waals surface area contributed by atoms with Crippen LogP contribution in [0.3, 0.4) is 0 Å². The molecule has 134 valence electrons. The minimum Gasteiger partial charge on any atom is -0.497 e. The standard InChI is InChI=1S/C18H23N3O3S/c1-23-15-10-8-13(9-11-15)17-19-20-18(25-12-16(22)24-2)21(17)14-6-4-3-5-7-14/h8-11,14H,3-7,12H2,1-2H3. The predicted molar refractivity (Wildman–Crippen MR) is 96.9 cm³/mol. The summed E-state index contributed by atoms with van der Waals surface area (Å²) >= 11 is 1.39. The van der Waals surface area contributed by atoms with E-state index in [0.717, 1.165) is 35.1 Å². The molecule has 0 aliphatic heterocycles. The average molecular weight is 361 g/mol. The van der Waals surface area contributed by atoms with E-state index in [4.69, 9.17) is 9.47 Å². The molecule has 0 atom stereocenters. The molecule has 0 amide bonds. The van der Waals surface area contributed by atoms with Gasteiger partial charge in [0.2, 0.25) is 0 Å². The van der Waals surface area contributed by atoms with Gasteiger partial charge in [0.05, 0.1) is 20.0 Å². The minimum atomic E-state index is -0.255. The summed E-state index contributed by atoms with van der Waals surface area (Å²) in [7, 11) is 3.05. The molecule has 7 heteroatoms. The maximum absolute atomic E-state index is 11.5. The van der Waals surface area contributed by atoms with Crippen LogP contribution in [-0.4, -0.2) is 40.7 Å². The Morgan fingerprint density at radius 1 is 1.16 bits per heavy atom. The molecule has 6 nitrogen and oxygen atoms in total. The van der Waals surface area contributed by atoms with Crippen molar-refractivity contribution in [3.8, 4) is 17.1 Å². The molecule has 1 saturated carbocycles. The van der Waals surface area contributed by atoms with Gasteiger partial charge in [-0.05, 0) is 37.1 Å². The van der Waals surface area contributed by atoms with E-state index in [9.17, 15) is 4.79 Å². The Kier molecular flexibility index (Phi) is 5.96. The summed E-state index contributed by atoms with van der Waals surface area (Å²) in [6.07, 6.45) is 5.94. The lowest BCUT2D eigenvalue weighted by Gasteiger charge is -2.25. The highest BCUT2D eigenvalue weighted by Crippen LogP contribution is 2.35. The first kappa shape index (κ1) is 17.8. The molecule has 0 bridgehead atoms. The van der Waals surface area contributed by atoms with Gasteiger partial charge in [-0.25, -0.2) is 0 Å². The van der Waals surface area contributed by atoms with Gasteiger partial charge in [-0.2, -0.15) is 0 Å². The lowest BCUT2D eigenvalue weighted by Crippen LogP contribution is -2.15. The highest BCUT2D eigenvalue weighted by Gasteiger charge is 2.24. The van der Waals surface area contributed by atoms with Crippen LogP contribution in [0.1, 0.15) is 38.1 Å². The first-order valence-corrected chi connectivity index (χ1v) is 9.50. The third-order valence-electron chi connectivity index (χ3n) is 4.50. The summed E-state index contributed by atoms with van der Waals surface area (Å²) in [6, 6.07) is 8.22. The van der Waals surface area contributed by atoms with Crippen molar-refractivity contribution in [1.29, 1.82) is 0 Å². The number of methoxy groups -OCH3 is 2. The maximum Gasteiger partial charge on any atom is 0.316 e. The Balaban J connectivity index is 1.92. The monoisotopic (exact) mass is 361 g/mol. The van der Waals surface area contributed by atoms with Crippen molar-refractivity contribution in [2.24, 2.45) is 0 Å². The van der Waals surface area contributed by atoms with Gasteiger partial charge >= 0.3 is 5.97 Å². The van der Waals surface area contributed by atoms with Crippen molar-refractivity contribution in [3.05, 3.63) is 24.3 Å². The predicted octanol–water partition coefficient (Wildman–Crippen LogP) is 3.72. The van der Waals surface area contributed by atoms with E-state index in [0.29, 0.717) is 6.04 Å². The average Bonchev–Trinajstić information content (AvgIpc) is 3.10. The number of hydrogen-bond donors (Lipinski definition) is 0. The van der Waals surface area contributed by atoms with E-state index in [1.54, 1.807) is 7.11 Å². The molecule has 25 heavy (non-hydrogen) atoms. The first-order valence-electron chi connectivity index (χ1n) is 8.52. The second-order valence-electron chi connectivity index (χ2n) is 6.06. The Hall–Kier alpha value is -2.02. The van der Waals surface area contributed by atoms with Gasteiger partial charge in [0, 0.05) is 11.6 Å². The number of aromatic nitrogens is 3. The molecular formula is C18H23N3O3S. The number of nitrogens with zero attached hydrogens (tertiary/aromatic N) is 3. The molecule has 0 N–H and O–H groups in total. The largest absolute Gasteiger partial charge is 0.497 e. The number of carbonyl (C=O) groups excluding carboxylic acids is 1. The van der Waals surface area contributed by atoms with Gasteiger partial charge in [-0.1, -0.05) is 31.0 Å². The summed E-state index contributed by atoms with van der Waals surface area (Å²) in [5, 5.41) is 9.55. The molecule has 1 aliphatic carbocycles. The van der Waals surface area contributed by atoms with E-state index in [2.05, 4.69) is 14.8 Å². The van der Waals surface area contributed by atoms with Crippen molar-refractivity contribution in [2.75, 3.05) is 20.0 Å². The summed E-state index contributed by atoms with van der Waals surface area (Å²) < 4.78 is 12.2. The van der Waals surface area contributed by atoms with E-state index in [1.165, 1.54) is 38.1 Å². The molecule has 0 saturated heterocycles. The Morgan fingerprint density at radius 3 is 2.52 bits per heavy atom. The van der Waals surface area contributed by atoms with Gasteiger partial charge in [0.25, 0.3) is 0 Å². The number of ether oxygens (including phenoxy) is 2. The fraction of sp³-hybridized carbons (Fsp3) is 0.500. The van der Waals surface area contributed by atoms with Crippen molar-refractivity contribution in [2.45, 2.75) is 43.3 Å². The van der Waals surface area contributed by atoms with Gasteiger partial charge in [-0.3, -0.25) is 9.36 Å². The highest BCUT2D eigenvalue weighted by atomic mass is 32.2. The molecule has 1 aromatic heterocycles. The smallest absolute Gasteiger partial charge is 0.316 e. The topological polar surface area (TPSA) is 66.2 Å². The number of benzene rings is 1. The zero-order valence-corrected chi connectivity index (χ0v) is 15.4. The quantitative estimate of drug-likeness (QED) is 0.577. The SMILES string of the molecule is COC(=O)CSc1nnc(-c2ccc(OC)cc2)n1C1CCCCC1. The molecular weight excluding hydrogens is 338 g/mol. The lowest BCUT2D eigenvalue weighted by molar-refractivity contribution is -0.137. The Labute approximate surface area is 151 Å². The number of carbonyl (C=O) groups is 1. The highest BCUT2D eigenvalue weighted by molar-refractivity contribution is 7.99. The molecule has 1 heterocycles. The minimum absolute atomic E-state index is 0.240. The number of rotatable bonds is 6.